The Bertz CT molecular complexity index is 1160. The van der Waals surface area contributed by atoms with Crippen LogP contribution in [0.25, 0.3) is 0 Å². The van der Waals surface area contributed by atoms with E-state index < -0.39 is 29.2 Å². The van der Waals surface area contributed by atoms with Gasteiger partial charge in [-0.25, -0.2) is 4.79 Å². The molecule has 7 heteroatoms. The molecule has 3 N–H and O–H groups in total. The van der Waals surface area contributed by atoms with Crippen LogP contribution in [0.5, 0.6) is 5.75 Å². The predicted octanol–water partition coefficient (Wildman–Crippen LogP) is 1.73. The van der Waals surface area contributed by atoms with Crippen molar-refractivity contribution in [1.29, 1.82) is 0 Å². The zero-order chi connectivity index (χ0) is 23.0. The fourth-order valence-electron chi connectivity index (χ4n) is 6.57. The van der Waals surface area contributed by atoms with Gasteiger partial charge in [-0.1, -0.05) is 42.5 Å². The maximum atomic E-state index is 12.9. The van der Waals surface area contributed by atoms with E-state index in [4.69, 9.17) is 9.47 Å². The van der Waals surface area contributed by atoms with Gasteiger partial charge in [0.25, 0.3) is 0 Å². The highest BCUT2D eigenvalue weighted by atomic mass is 16.6. The van der Waals surface area contributed by atoms with Crippen LogP contribution < -0.4 is 4.74 Å². The van der Waals surface area contributed by atoms with Crippen LogP contribution in [0, 0.1) is 0 Å². The molecule has 2 aromatic rings. The number of carbonyl (C=O) groups is 1. The standard InChI is InChI=1S/C26H27NO6/c1-27-12-11-25-20-16-7-8-17(14-28)22(20)33-23(25)18(9-10-26(25,31)19(27)13-16)32-24(30)21(29)15-5-3-2-4-6-15/h2-9,19,21,23,28-29,31H,10-14H2,1H3/t19-,21-,23+,25+,26-/m1/s1. The molecule has 2 bridgehead atoms. The molecule has 7 nitrogen and oxygen atoms in total. The van der Waals surface area contributed by atoms with Gasteiger partial charge in [-0.2, -0.15) is 0 Å². The van der Waals surface area contributed by atoms with Gasteiger partial charge in [0.1, 0.15) is 11.5 Å². The largest absolute Gasteiger partial charge is 0.481 e. The maximum Gasteiger partial charge on any atom is 0.344 e. The second-order valence-corrected chi connectivity index (χ2v) is 9.64. The number of nitrogens with zero attached hydrogens (tertiary/aromatic N) is 1. The van der Waals surface area contributed by atoms with Gasteiger partial charge in [-0.3, -0.25) is 0 Å². The summed E-state index contributed by atoms with van der Waals surface area (Å²) < 4.78 is 12.2. The summed E-state index contributed by atoms with van der Waals surface area (Å²) >= 11 is 0. The van der Waals surface area contributed by atoms with Gasteiger partial charge < -0.3 is 29.7 Å². The number of aliphatic hydroxyl groups is 3. The molecule has 2 aliphatic carbocycles. The van der Waals surface area contributed by atoms with Crippen molar-refractivity contribution in [3.8, 4) is 5.75 Å². The van der Waals surface area contributed by atoms with Crippen molar-refractivity contribution < 1.29 is 29.6 Å². The number of rotatable bonds is 4. The Morgan fingerprint density at radius 3 is 2.82 bits per heavy atom. The molecule has 0 aromatic heterocycles. The van der Waals surface area contributed by atoms with E-state index in [0.717, 1.165) is 17.7 Å². The lowest BCUT2D eigenvalue weighted by molar-refractivity contribution is -0.172. The zero-order valence-electron chi connectivity index (χ0n) is 18.4. The topological polar surface area (TPSA) is 99.5 Å². The van der Waals surface area contributed by atoms with E-state index in [1.807, 2.05) is 25.2 Å². The smallest absolute Gasteiger partial charge is 0.344 e. The van der Waals surface area contributed by atoms with Crippen LogP contribution in [0.4, 0.5) is 0 Å². The molecular weight excluding hydrogens is 422 g/mol. The lowest BCUT2D eigenvalue weighted by Crippen LogP contribution is -2.74. The quantitative estimate of drug-likeness (QED) is 0.612. The summed E-state index contributed by atoms with van der Waals surface area (Å²) in [7, 11) is 2.03. The second-order valence-electron chi connectivity index (χ2n) is 9.64. The number of esters is 1. The molecule has 4 aliphatic rings. The van der Waals surface area contributed by atoms with E-state index in [2.05, 4.69) is 4.90 Å². The first-order valence-corrected chi connectivity index (χ1v) is 11.4. The van der Waals surface area contributed by atoms with Crippen LogP contribution in [0.2, 0.25) is 0 Å². The average molecular weight is 450 g/mol. The third-order valence-corrected chi connectivity index (χ3v) is 8.18. The van der Waals surface area contributed by atoms with Crippen molar-refractivity contribution in [2.24, 2.45) is 0 Å². The normalized spacial score (nSPS) is 32.4. The number of ether oxygens (including phenoxy) is 2. The predicted molar refractivity (Wildman–Crippen MR) is 118 cm³/mol. The number of benzene rings is 2. The molecule has 1 fully saturated rings. The Morgan fingerprint density at radius 1 is 1.27 bits per heavy atom. The van der Waals surface area contributed by atoms with Crippen molar-refractivity contribution in [2.75, 3.05) is 13.6 Å². The van der Waals surface area contributed by atoms with E-state index in [0.29, 0.717) is 41.9 Å². The van der Waals surface area contributed by atoms with Crippen LogP contribution in [-0.2, 0) is 28.0 Å². The summed E-state index contributed by atoms with van der Waals surface area (Å²) in [5.41, 5.74) is 1.28. The molecule has 5 atom stereocenters. The molecule has 172 valence electrons. The van der Waals surface area contributed by atoms with Crippen LogP contribution in [0.15, 0.2) is 54.3 Å². The monoisotopic (exact) mass is 449 g/mol. The summed E-state index contributed by atoms with van der Waals surface area (Å²) in [6.45, 7) is 0.585. The van der Waals surface area contributed by atoms with Crippen LogP contribution in [-0.4, -0.2) is 57.5 Å². The number of hydrogen-bond acceptors (Lipinski definition) is 7. The Kier molecular flexibility index (Phi) is 4.52. The van der Waals surface area contributed by atoms with Gasteiger partial charge in [0, 0.05) is 23.6 Å². The Hall–Kier alpha value is -2.71. The average Bonchev–Trinajstić information content (AvgIpc) is 3.19. The van der Waals surface area contributed by atoms with Crippen molar-refractivity contribution in [2.45, 2.75) is 55.1 Å². The van der Waals surface area contributed by atoms with Gasteiger partial charge >= 0.3 is 5.97 Å². The highest BCUT2D eigenvalue weighted by Gasteiger charge is 2.71. The molecule has 0 amide bonds. The minimum absolute atomic E-state index is 0.0980. The molecule has 1 spiro atoms. The van der Waals surface area contributed by atoms with Crippen LogP contribution in [0.1, 0.15) is 41.2 Å². The maximum absolute atomic E-state index is 12.9. The van der Waals surface area contributed by atoms with Crippen molar-refractivity contribution in [3.05, 3.63) is 76.6 Å². The van der Waals surface area contributed by atoms with Crippen molar-refractivity contribution in [3.63, 3.8) is 0 Å². The number of carbonyl (C=O) groups excluding carboxylic acids is 1. The van der Waals surface area contributed by atoms with Crippen LogP contribution in [0.3, 0.4) is 0 Å². The first kappa shape index (κ1) is 20.9. The van der Waals surface area contributed by atoms with Crippen molar-refractivity contribution in [1.82, 2.24) is 4.90 Å². The lowest BCUT2D eigenvalue weighted by Gasteiger charge is -2.61. The van der Waals surface area contributed by atoms with E-state index in [1.54, 1.807) is 30.3 Å². The van der Waals surface area contributed by atoms with Gasteiger partial charge in [-0.15, -0.1) is 0 Å². The summed E-state index contributed by atoms with van der Waals surface area (Å²) in [4.78, 5) is 15.1. The number of hydrogen-bond donors (Lipinski definition) is 3. The molecule has 2 aliphatic heterocycles. The van der Waals surface area contributed by atoms with Gasteiger partial charge in [0.05, 0.1) is 17.6 Å². The summed E-state index contributed by atoms with van der Waals surface area (Å²) in [5, 5.41) is 32.7. The molecule has 0 radical (unpaired) electrons. The van der Waals surface area contributed by atoms with Crippen molar-refractivity contribution >= 4 is 5.97 Å². The van der Waals surface area contributed by atoms with Crippen LogP contribution >= 0.6 is 0 Å². The second kappa shape index (κ2) is 7.14. The Balaban J connectivity index is 1.44. The number of piperidine rings is 1. The third-order valence-electron chi connectivity index (χ3n) is 8.18. The first-order chi connectivity index (χ1) is 15.9. The molecule has 0 unspecified atom stereocenters. The highest BCUT2D eigenvalue weighted by molar-refractivity contribution is 5.77. The van der Waals surface area contributed by atoms with E-state index in [1.165, 1.54) is 0 Å². The van der Waals surface area contributed by atoms with E-state index >= 15 is 0 Å². The Morgan fingerprint density at radius 2 is 2.06 bits per heavy atom. The first-order valence-electron chi connectivity index (χ1n) is 11.4. The zero-order valence-corrected chi connectivity index (χ0v) is 18.4. The number of aliphatic hydroxyl groups excluding tert-OH is 2. The SMILES string of the molecule is CN1CC[C@]23c4c5ccc(CO)c4O[C@H]2C(OC(=O)[C@H](O)c2ccccc2)=CC[C@@]3(O)[C@H]1C5. The summed E-state index contributed by atoms with van der Waals surface area (Å²) in [6, 6.07) is 12.4. The fraction of sp³-hybridized carbons (Fsp3) is 0.423. The molecule has 0 saturated carbocycles. The number of likely N-dealkylation sites (N-methyl/N-ethyl adjacent to an activating group) is 1. The van der Waals surface area contributed by atoms with Gasteiger partial charge in [-0.05, 0) is 43.6 Å². The molecule has 6 rings (SSSR count). The molecule has 2 aromatic carbocycles. The Labute approximate surface area is 191 Å². The highest BCUT2D eigenvalue weighted by Crippen LogP contribution is 2.64. The molecular formula is C26H27NO6. The molecule has 1 saturated heterocycles. The van der Waals surface area contributed by atoms with E-state index in [-0.39, 0.29) is 12.6 Å². The summed E-state index contributed by atoms with van der Waals surface area (Å²) in [5.74, 6) is 0.126. The van der Waals surface area contributed by atoms with Gasteiger partial charge in [0.15, 0.2) is 12.2 Å². The third kappa shape index (κ3) is 2.62. The van der Waals surface area contributed by atoms with E-state index in [9.17, 15) is 20.1 Å². The fourth-order valence-corrected chi connectivity index (χ4v) is 6.57. The minimum atomic E-state index is -1.42. The molecule has 2 heterocycles. The molecule has 33 heavy (non-hydrogen) atoms. The lowest BCUT2D eigenvalue weighted by atomic mass is 9.50. The summed E-state index contributed by atoms with van der Waals surface area (Å²) in [6.07, 6.45) is 1.24. The minimum Gasteiger partial charge on any atom is -0.481 e. The van der Waals surface area contributed by atoms with Gasteiger partial charge in [0.2, 0.25) is 0 Å². The number of likely N-dealkylation sites (tertiary alicyclic amines) is 1.